The van der Waals surface area contributed by atoms with Crippen molar-refractivity contribution in [2.75, 3.05) is 0 Å². The lowest BCUT2D eigenvalue weighted by atomic mass is 9.88. The number of fused-ring (bicyclic) bond motifs is 6. The molecule has 26 heavy (non-hydrogen) atoms. The average Bonchev–Trinajstić information content (AvgIpc) is 3.23. The van der Waals surface area contributed by atoms with Gasteiger partial charge in [0, 0.05) is 16.7 Å². The van der Waals surface area contributed by atoms with Crippen LogP contribution in [0.15, 0.2) is 95.4 Å². The predicted octanol–water partition coefficient (Wildman–Crippen LogP) is 6.75. The molecule has 0 unspecified atom stereocenters. The van der Waals surface area contributed by atoms with E-state index in [9.17, 15) is 0 Å². The van der Waals surface area contributed by atoms with Gasteiger partial charge in [0.05, 0.1) is 0 Å². The number of furan rings is 1. The SMILES string of the molecule is c1ccc2c(c1)-c1ccccc1C2c1ccc2oc3ccccc3c2c1. The molecule has 0 fully saturated rings. The molecule has 1 aromatic heterocycles. The first-order chi connectivity index (χ1) is 12.9. The standard InChI is InChI=1S/C25H16O/c1-3-10-20-17(7-1)18-8-2-4-11-21(18)25(20)16-13-14-24-22(15-16)19-9-5-6-12-23(19)26-24/h1-15,25H. The fourth-order valence-corrected chi connectivity index (χ4v) is 4.44. The van der Waals surface area contributed by atoms with Crippen molar-refractivity contribution >= 4 is 21.9 Å². The monoisotopic (exact) mass is 332 g/mol. The van der Waals surface area contributed by atoms with Gasteiger partial charge in [-0.05, 0) is 46.0 Å². The first kappa shape index (κ1) is 13.9. The van der Waals surface area contributed by atoms with Crippen LogP contribution in [-0.4, -0.2) is 0 Å². The molecule has 1 nitrogen and oxygen atoms in total. The fraction of sp³-hybridized carbons (Fsp3) is 0.0400. The molecule has 1 aliphatic carbocycles. The highest BCUT2D eigenvalue weighted by atomic mass is 16.3. The van der Waals surface area contributed by atoms with Crippen molar-refractivity contribution in [2.24, 2.45) is 0 Å². The molecule has 0 bridgehead atoms. The lowest BCUT2D eigenvalue weighted by molar-refractivity contribution is 0.668. The average molecular weight is 332 g/mol. The Kier molecular flexibility index (Phi) is 2.72. The van der Waals surface area contributed by atoms with Crippen molar-refractivity contribution in [3.8, 4) is 11.1 Å². The van der Waals surface area contributed by atoms with E-state index in [0.29, 0.717) is 0 Å². The van der Waals surface area contributed by atoms with Gasteiger partial charge in [0.15, 0.2) is 0 Å². The molecule has 1 heterocycles. The van der Waals surface area contributed by atoms with Crippen LogP contribution in [0.5, 0.6) is 0 Å². The zero-order valence-corrected chi connectivity index (χ0v) is 14.1. The first-order valence-electron chi connectivity index (χ1n) is 8.99. The Balaban J connectivity index is 1.64. The van der Waals surface area contributed by atoms with Gasteiger partial charge in [0.25, 0.3) is 0 Å². The fourth-order valence-electron chi connectivity index (χ4n) is 4.44. The van der Waals surface area contributed by atoms with E-state index in [4.69, 9.17) is 4.42 Å². The van der Waals surface area contributed by atoms with Crippen LogP contribution in [0.1, 0.15) is 22.6 Å². The van der Waals surface area contributed by atoms with Crippen LogP contribution in [0.3, 0.4) is 0 Å². The molecular formula is C25H16O. The quantitative estimate of drug-likeness (QED) is 0.325. The van der Waals surface area contributed by atoms with Gasteiger partial charge in [0.2, 0.25) is 0 Å². The van der Waals surface area contributed by atoms with Crippen LogP contribution in [0.25, 0.3) is 33.1 Å². The molecule has 0 N–H and O–H groups in total. The van der Waals surface area contributed by atoms with Gasteiger partial charge in [0.1, 0.15) is 11.2 Å². The van der Waals surface area contributed by atoms with Crippen LogP contribution in [0.2, 0.25) is 0 Å². The van der Waals surface area contributed by atoms with Gasteiger partial charge in [-0.25, -0.2) is 0 Å². The molecule has 122 valence electrons. The van der Waals surface area contributed by atoms with E-state index in [-0.39, 0.29) is 5.92 Å². The number of hydrogen-bond donors (Lipinski definition) is 0. The summed E-state index contributed by atoms with van der Waals surface area (Å²) in [7, 11) is 0. The minimum absolute atomic E-state index is 0.278. The van der Waals surface area contributed by atoms with E-state index in [1.807, 2.05) is 12.1 Å². The highest BCUT2D eigenvalue weighted by Gasteiger charge is 2.29. The third-order valence-electron chi connectivity index (χ3n) is 5.57. The van der Waals surface area contributed by atoms with Crippen molar-refractivity contribution < 1.29 is 4.42 Å². The van der Waals surface area contributed by atoms with Gasteiger partial charge >= 0.3 is 0 Å². The number of para-hydroxylation sites is 1. The molecule has 0 saturated heterocycles. The zero-order valence-electron chi connectivity index (χ0n) is 14.1. The van der Waals surface area contributed by atoms with E-state index < -0.39 is 0 Å². The Morgan fingerprint density at radius 3 is 1.92 bits per heavy atom. The second kappa shape index (κ2) is 5.09. The van der Waals surface area contributed by atoms with E-state index in [1.54, 1.807) is 0 Å². The first-order valence-corrected chi connectivity index (χ1v) is 8.99. The summed E-state index contributed by atoms with van der Waals surface area (Å²) in [6.45, 7) is 0. The van der Waals surface area contributed by atoms with Crippen molar-refractivity contribution in [2.45, 2.75) is 5.92 Å². The van der Waals surface area contributed by atoms with E-state index >= 15 is 0 Å². The minimum Gasteiger partial charge on any atom is -0.456 e. The van der Waals surface area contributed by atoms with Crippen LogP contribution in [0, 0.1) is 0 Å². The summed E-state index contributed by atoms with van der Waals surface area (Å²) < 4.78 is 6.01. The normalized spacial score (nSPS) is 13.2. The van der Waals surface area contributed by atoms with E-state index in [2.05, 4.69) is 78.9 Å². The smallest absolute Gasteiger partial charge is 0.135 e. The number of rotatable bonds is 1. The minimum atomic E-state index is 0.278. The molecule has 0 aliphatic heterocycles. The predicted molar refractivity (Wildman–Crippen MR) is 107 cm³/mol. The molecule has 5 aromatic rings. The van der Waals surface area contributed by atoms with Crippen molar-refractivity contribution in [1.82, 2.24) is 0 Å². The van der Waals surface area contributed by atoms with Crippen molar-refractivity contribution in [3.63, 3.8) is 0 Å². The van der Waals surface area contributed by atoms with Crippen LogP contribution in [-0.2, 0) is 0 Å². The van der Waals surface area contributed by atoms with Gasteiger partial charge in [-0.3, -0.25) is 0 Å². The van der Waals surface area contributed by atoms with E-state index in [0.717, 1.165) is 11.2 Å². The summed E-state index contributed by atoms with van der Waals surface area (Å²) >= 11 is 0. The molecule has 1 aliphatic rings. The summed E-state index contributed by atoms with van der Waals surface area (Å²) in [4.78, 5) is 0. The molecule has 0 amide bonds. The molecule has 0 radical (unpaired) electrons. The van der Waals surface area contributed by atoms with Gasteiger partial charge < -0.3 is 4.42 Å². The lowest BCUT2D eigenvalue weighted by Gasteiger charge is -2.14. The topological polar surface area (TPSA) is 13.1 Å². The molecular weight excluding hydrogens is 316 g/mol. The van der Waals surface area contributed by atoms with E-state index in [1.165, 1.54) is 38.6 Å². The van der Waals surface area contributed by atoms with Crippen LogP contribution in [0.4, 0.5) is 0 Å². The Morgan fingerprint density at radius 2 is 1.15 bits per heavy atom. The summed E-state index contributed by atoms with van der Waals surface area (Å²) in [5, 5.41) is 2.38. The zero-order chi connectivity index (χ0) is 17.1. The second-order valence-electron chi connectivity index (χ2n) is 6.96. The Morgan fingerprint density at radius 1 is 0.538 bits per heavy atom. The van der Waals surface area contributed by atoms with Crippen LogP contribution < -0.4 is 0 Å². The third kappa shape index (κ3) is 1.80. The summed E-state index contributed by atoms with van der Waals surface area (Å²) in [6.07, 6.45) is 0. The number of benzene rings is 4. The Labute approximate surface area is 151 Å². The largest absolute Gasteiger partial charge is 0.456 e. The summed E-state index contributed by atoms with van der Waals surface area (Å²) in [5.74, 6) is 0.278. The molecule has 4 aromatic carbocycles. The maximum atomic E-state index is 6.01. The molecule has 1 heteroatoms. The third-order valence-corrected chi connectivity index (χ3v) is 5.57. The number of hydrogen-bond acceptors (Lipinski definition) is 1. The molecule has 6 rings (SSSR count). The summed E-state index contributed by atoms with van der Waals surface area (Å²) in [6, 6.07) is 32.5. The van der Waals surface area contributed by atoms with Crippen molar-refractivity contribution in [1.29, 1.82) is 0 Å². The highest BCUT2D eigenvalue weighted by Crippen LogP contribution is 2.48. The molecule has 0 atom stereocenters. The maximum absolute atomic E-state index is 6.01. The van der Waals surface area contributed by atoms with Gasteiger partial charge in [-0.2, -0.15) is 0 Å². The van der Waals surface area contributed by atoms with Gasteiger partial charge in [-0.15, -0.1) is 0 Å². The maximum Gasteiger partial charge on any atom is 0.135 e. The lowest BCUT2D eigenvalue weighted by Crippen LogP contribution is -1.98. The Bertz CT molecular complexity index is 1250. The second-order valence-corrected chi connectivity index (χ2v) is 6.96. The molecule has 0 saturated carbocycles. The Hall–Kier alpha value is -3.32. The summed E-state index contributed by atoms with van der Waals surface area (Å²) in [5.41, 5.74) is 8.71. The van der Waals surface area contributed by atoms with Crippen molar-refractivity contribution in [3.05, 3.63) is 108 Å². The van der Waals surface area contributed by atoms with Gasteiger partial charge in [-0.1, -0.05) is 72.8 Å². The highest BCUT2D eigenvalue weighted by molar-refractivity contribution is 6.05. The molecule has 0 spiro atoms. The van der Waals surface area contributed by atoms with Crippen LogP contribution >= 0.6 is 0 Å².